The second kappa shape index (κ2) is 3.78. The van der Waals surface area contributed by atoms with E-state index < -0.39 is 5.60 Å². The molecule has 0 radical (unpaired) electrons. The summed E-state index contributed by atoms with van der Waals surface area (Å²) in [4.78, 5) is 11.8. The van der Waals surface area contributed by atoms with Crippen molar-refractivity contribution in [1.29, 1.82) is 0 Å². The number of hydrogen-bond acceptors (Lipinski definition) is 3. The van der Waals surface area contributed by atoms with E-state index in [-0.39, 0.29) is 23.4 Å². The van der Waals surface area contributed by atoms with E-state index in [4.69, 9.17) is 9.47 Å². The van der Waals surface area contributed by atoms with Crippen molar-refractivity contribution in [3.05, 3.63) is 0 Å². The maximum absolute atomic E-state index is 11.8. The summed E-state index contributed by atoms with van der Waals surface area (Å²) < 4.78 is 10.9. The molecular weight excluding hydrogens is 192 g/mol. The molecule has 0 N–H and O–H groups in total. The lowest BCUT2D eigenvalue weighted by Crippen LogP contribution is -2.26. The average Bonchev–Trinajstić information content (AvgIpc) is 2.50. The van der Waals surface area contributed by atoms with Crippen molar-refractivity contribution >= 4 is 5.97 Å². The maximum atomic E-state index is 11.8. The number of ether oxygens (including phenoxy) is 2. The Balaban J connectivity index is 2.56. The van der Waals surface area contributed by atoms with Gasteiger partial charge in [0, 0.05) is 12.0 Å². The molecule has 0 spiro atoms. The van der Waals surface area contributed by atoms with Gasteiger partial charge in [0.1, 0.15) is 5.60 Å². The summed E-state index contributed by atoms with van der Waals surface area (Å²) in [5.74, 6) is -0.234. The molecule has 2 unspecified atom stereocenters. The number of hydrogen-bond donors (Lipinski definition) is 0. The van der Waals surface area contributed by atoms with Gasteiger partial charge in [0.15, 0.2) is 0 Å². The van der Waals surface area contributed by atoms with E-state index in [0.717, 1.165) is 0 Å². The van der Waals surface area contributed by atoms with Crippen LogP contribution in [-0.2, 0) is 14.3 Å². The molecule has 15 heavy (non-hydrogen) atoms. The second-order valence-electron chi connectivity index (χ2n) is 5.71. The summed E-state index contributed by atoms with van der Waals surface area (Å²) in [6, 6.07) is 0. The van der Waals surface area contributed by atoms with Crippen LogP contribution in [0.25, 0.3) is 0 Å². The Morgan fingerprint density at radius 1 is 1.33 bits per heavy atom. The summed E-state index contributed by atoms with van der Waals surface area (Å²) in [7, 11) is 0. The fourth-order valence-electron chi connectivity index (χ4n) is 1.87. The fraction of sp³-hybridized carbons (Fsp3) is 0.917. The number of carbonyl (C=O) groups excluding carboxylic acids is 1. The van der Waals surface area contributed by atoms with Gasteiger partial charge in [-0.3, -0.25) is 4.79 Å². The van der Waals surface area contributed by atoms with Crippen LogP contribution in [-0.4, -0.2) is 24.3 Å². The molecule has 0 aromatic heterocycles. The minimum Gasteiger partial charge on any atom is -0.460 e. The van der Waals surface area contributed by atoms with Crippen molar-refractivity contribution in [2.45, 2.75) is 53.2 Å². The van der Waals surface area contributed by atoms with Crippen LogP contribution in [0.2, 0.25) is 0 Å². The molecule has 0 heterocycles. The normalized spacial score (nSPS) is 28.7. The smallest absolute Gasteiger partial charge is 0.312 e. The molecule has 0 aromatic carbocycles. The lowest BCUT2D eigenvalue weighted by atomic mass is 10.1. The highest BCUT2D eigenvalue weighted by Gasteiger charge is 2.64. The zero-order valence-corrected chi connectivity index (χ0v) is 10.6. The van der Waals surface area contributed by atoms with Gasteiger partial charge in [-0.15, -0.1) is 0 Å². The van der Waals surface area contributed by atoms with Crippen LogP contribution in [0.1, 0.15) is 41.5 Å². The molecule has 0 aliphatic heterocycles. The molecule has 3 nitrogen and oxygen atoms in total. The van der Waals surface area contributed by atoms with Crippen LogP contribution in [0.4, 0.5) is 0 Å². The van der Waals surface area contributed by atoms with Crippen molar-refractivity contribution in [3.63, 3.8) is 0 Å². The van der Waals surface area contributed by atoms with E-state index in [1.54, 1.807) is 0 Å². The van der Waals surface area contributed by atoms with Crippen LogP contribution >= 0.6 is 0 Å². The lowest BCUT2D eigenvalue weighted by molar-refractivity contribution is -0.158. The molecular formula is C12H22O3. The number of esters is 1. The highest BCUT2D eigenvalue weighted by molar-refractivity contribution is 5.78. The maximum Gasteiger partial charge on any atom is 0.312 e. The Morgan fingerprint density at radius 2 is 1.87 bits per heavy atom. The highest BCUT2D eigenvalue weighted by Crippen LogP contribution is 2.54. The van der Waals surface area contributed by atoms with E-state index in [1.807, 2.05) is 41.5 Å². The molecule has 1 fully saturated rings. The summed E-state index contributed by atoms with van der Waals surface area (Å²) in [6.45, 7) is 12.3. The molecule has 0 amide bonds. The van der Waals surface area contributed by atoms with Crippen LogP contribution in [0.5, 0.6) is 0 Å². The van der Waals surface area contributed by atoms with Crippen molar-refractivity contribution < 1.29 is 14.3 Å². The van der Waals surface area contributed by atoms with Crippen LogP contribution in [0.15, 0.2) is 0 Å². The molecule has 1 rings (SSSR count). The predicted molar refractivity (Wildman–Crippen MR) is 58.5 cm³/mol. The van der Waals surface area contributed by atoms with Gasteiger partial charge in [0.2, 0.25) is 0 Å². The first-order chi connectivity index (χ1) is 6.70. The van der Waals surface area contributed by atoms with E-state index in [9.17, 15) is 4.79 Å². The summed E-state index contributed by atoms with van der Waals surface area (Å²) >= 11 is 0. The summed E-state index contributed by atoms with van der Waals surface area (Å²) in [5.41, 5.74) is -0.481. The van der Waals surface area contributed by atoms with Crippen molar-refractivity contribution in [3.8, 4) is 0 Å². The summed E-state index contributed by atoms with van der Waals surface area (Å²) in [5, 5.41) is 0. The van der Waals surface area contributed by atoms with E-state index in [2.05, 4.69) is 0 Å². The van der Waals surface area contributed by atoms with E-state index in [1.165, 1.54) is 0 Å². The number of rotatable bonds is 3. The predicted octanol–water partition coefficient (Wildman–Crippen LogP) is 2.39. The third kappa shape index (κ3) is 2.71. The zero-order chi connectivity index (χ0) is 11.9. The quantitative estimate of drug-likeness (QED) is 0.677. The Bertz CT molecular complexity index is 250. The first kappa shape index (κ1) is 12.5. The highest BCUT2D eigenvalue weighted by atomic mass is 16.6. The Morgan fingerprint density at radius 3 is 2.27 bits per heavy atom. The zero-order valence-electron chi connectivity index (χ0n) is 10.6. The second-order valence-corrected chi connectivity index (χ2v) is 5.71. The minimum absolute atomic E-state index is 0.0253. The Labute approximate surface area is 92.1 Å². The van der Waals surface area contributed by atoms with Crippen LogP contribution in [0.3, 0.4) is 0 Å². The Kier molecular flexibility index (Phi) is 3.15. The standard InChI is InChI=1S/C12H22O3/c1-7-14-9-8(12(9,5)6)10(13)15-11(2,3)4/h8-9H,7H2,1-6H3. The largest absolute Gasteiger partial charge is 0.460 e. The van der Waals surface area contributed by atoms with Gasteiger partial charge in [0.25, 0.3) is 0 Å². The third-order valence-corrected chi connectivity index (χ3v) is 2.74. The molecule has 1 saturated carbocycles. The molecule has 3 heteroatoms. The minimum atomic E-state index is -0.410. The van der Waals surface area contributed by atoms with E-state index >= 15 is 0 Å². The average molecular weight is 214 g/mol. The van der Waals surface area contributed by atoms with Gasteiger partial charge in [-0.05, 0) is 27.7 Å². The van der Waals surface area contributed by atoms with Gasteiger partial charge in [-0.1, -0.05) is 13.8 Å². The van der Waals surface area contributed by atoms with Gasteiger partial charge in [0.05, 0.1) is 12.0 Å². The van der Waals surface area contributed by atoms with Gasteiger partial charge >= 0.3 is 5.97 Å². The molecule has 88 valence electrons. The fourth-order valence-corrected chi connectivity index (χ4v) is 1.87. The lowest BCUT2D eigenvalue weighted by Gasteiger charge is -2.19. The monoisotopic (exact) mass is 214 g/mol. The van der Waals surface area contributed by atoms with Gasteiger partial charge in [-0.2, -0.15) is 0 Å². The molecule has 0 aromatic rings. The first-order valence-electron chi connectivity index (χ1n) is 5.54. The SMILES string of the molecule is CCOC1C(C(=O)OC(C)(C)C)C1(C)C. The van der Waals surface area contributed by atoms with Crippen molar-refractivity contribution in [2.75, 3.05) is 6.61 Å². The molecule has 0 bridgehead atoms. The van der Waals surface area contributed by atoms with Gasteiger partial charge in [-0.25, -0.2) is 0 Å². The molecule has 1 aliphatic rings. The summed E-state index contributed by atoms with van der Waals surface area (Å²) in [6.07, 6.45) is 0.0253. The molecule has 2 atom stereocenters. The Hall–Kier alpha value is -0.570. The third-order valence-electron chi connectivity index (χ3n) is 2.74. The van der Waals surface area contributed by atoms with Gasteiger partial charge < -0.3 is 9.47 Å². The van der Waals surface area contributed by atoms with Crippen molar-refractivity contribution in [2.24, 2.45) is 11.3 Å². The first-order valence-corrected chi connectivity index (χ1v) is 5.54. The van der Waals surface area contributed by atoms with Crippen LogP contribution < -0.4 is 0 Å². The molecule has 0 saturated heterocycles. The van der Waals surface area contributed by atoms with Crippen molar-refractivity contribution in [1.82, 2.24) is 0 Å². The molecule has 1 aliphatic carbocycles. The van der Waals surface area contributed by atoms with Crippen LogP contribution in [0, 0.1) is 11.3 Å². The topological polar surface area (TPSA) is 35.5 Å². The number of carbonyl (C=O) groups is 1. The van der Waals surface area contributed by atoms with E-state index in [0.29, 0.717) is 6.61 Å².